The number of aryl methyl sites for hydroxylation is 1. The molecular formula is C15H18N2. The number of nitrogens with one attached hydrogen (secondary N) is 1. The van der Waals surface area contributed by atoms with Crippen molar-refractivity contribution in [2.24, 2.45) is 0 Å². The first-order valence-corrected chi connectivity index (χ1v) is 6.28. The fourth-order valence-corrected chi connectivity index (χ4v) is 2.65. The molecule has 1 heterocycles. The fraction of sp³-hybridized carbons (Fsp3) is 0.333. The van der Waals surface area contributed by atoms with Gasteiger partial charge in [0.05, 0.1) is 0 Å². The SMILES string of the molecule is Cc1ccccc1C1CC(Nn2cccc2)C1. The molecule has 0 saturated heterocycles. The number of nitrogens with zero attached hydrogens (tertiary/aromatic N) is 1. The fourth-order valence-electron chi connectivity index (χ4n) is 2.65. The van der Waals surface area contributed by atoms with Gasteiger partial charge in [0.2, 0.25) is 0 Å². The molecule has 2 heteroatoms. The Balaban J connectivity index is 1.60. The topological polar surface area (TPSA) is 17.0 Å². The van der Waals surface area contributed by atoms with E-state index in [2.05, 4.69) is 53.7 Å². The Morgan fingerprint density at radius 3 is 2.47 bits per heavy atom. The van der Waals surface area contributed by atoms with E-state index in [1.54, 1.807) is 0 Å². The summed E-state index contributed by atoms with van der Waals surface area (Å²) in [5, 5.41) is 0. The Labute approximate surface area is 102 Å². The Kier molecular flexibility index (Phi) is 2.63. The van der Waals surface area contributed by atoms with E-state index in [1.165, 1.54) is 24.0 Å². The van der Waals surface area contributed by atoms with Gasteiger partial charge in [0.15, 0.2) is 0 Å². The Morgan fingerprint density at radius 1 is 1.06 bits per heavy atom. The maximum atomic E-state index is 3.49. The van der Waals surface area contributed by atoms with Crippen LogP contribution in [-0.4, -0.2) is 10.7 Å². The standard InChI is InChI=1S/C15H18N2/c1-12-6-2-3-7-15(12)13-10-14(11-13)16-17-8-4-5-9-17/h2-9,13-14,16H,10-11H2,1H3. The van der Waals surface area contributed by atoms with Gasteiger partial charge in [0.1, 0.15) is 0 Å². The van der Waals surface area contributed by atoms with E-state index < -0.39 is 0 Å². The number of rotatable bonds is 3. The summed E-state index contributed by atoms with van der Waals surface area (Å²) in [7, 11) is 0. The molecular weight excluding hydrogens is 208 g/mol. The van der Waals surface area contributed by atoms with Crippen LogP contribution < -0.4 is 5.43 Å². The molecule has 88 valence electrons. The van der Waals surface area contributed by atoms with Gasteiger partial charge in [-0.25, -0.2) is 0 Å². The van der Waals surface area contributed by atoms with Crippen molar-refractivity contribution in [1.29, 1.82) is 0 Å². The van der Waals surface area contributed by atoms with Crippen LogP contribution in [0.3, 0.4) is 0 Å². The van der Waals surface area contributed by atoms with Crippen LogP contribution >= 0.6 is 0 Å². The van der Waals surface area contributed by atoms with Crippen LogP contribution in [0.2, 0.25) is 0 Å². The summed E-state index contributed by atoms with van der Waals surface area (Å²) in [6, 6.07) is 13.5. The average Bonchev–Trinajstić information content (AvgIpc) is 2.77. The molecule has 0 bridgehead atoms. The third kappa shape index (κ3) is 2.07. The minimum Gasteiger partial charge on any atom is -0.323 e. The van der Waals surface area contributed by atoms with Gasteiger partial charge in [-0.1, -0.05) is 24.3 Å². The van der Waals surface area contributed by atoms with Crippen molar-refractivity contribution in [3.63, 3.8) is 0 Å². The number of hydrogen-bond acceptors (Lipinski definition) is 1. The van der Waals surface area contributed by atoms with E-state index in [4.69, 9.17) is 0 Å². The highest BCUT2D eigenvalue weighted by Gasteiger charge is 2.30. The smallest absolute Gasteiger partial charge is 0.0436 e. The van der Waals surface area contributed by atoms with Crippen LogP contribution in [0.15, 0.2) is 48.8 Å². The normalized spacial score (nSPS) is 23.1. The van der Waals surface area contributed by atoms with Crippen LogP contribution in [-0.2, 0) is 0 Å². The Bertz CT molecular complexity index is 481. The third-order valence-corrected chi connectivity index (χ3v) is 3.70. The lowest BCUT2D eigenvalue weighted by Gasteiger charge is -2.37. The zero-order valence-electron chi connectivity index (χ0n) is 10.1. The van der Waals surface area contributed by atoms with E-state index >= 15 is 0 Å². The first-order valence-electron chi connectivity index (χ1n) is 6.28. The highest BCUT2D eigenvalue weighted by atomic mass is 15.4. The zero-order chi connectivity index (χ0) is 11.7. The lowest BCUT2D eigenvalue weighted by Crippen LogP contribution is -2.38. The quantitative estimate of drug-likeness (QED) is 0.849. The first kappa shape index (κ1) is 10.5. The second-order valence-electron chi connectivity index (χ2n) is 4.94. The lowest BCUT2D eigenvalue weighted by atomic mass is 9.75. The Morgan fingerprint density at radius 2 is 1.76 bits per heavy atom. The van der Waals surface area contributed by atoms with Gasteiger partial charge >= 0.3 is 0 Å². The monoisotopic (exact) mass is 226 g/mol. The second kappa shape index (κ2) is 4.28. The van der Waals surface area contributed by atoms with Gasteiger partial charge < -0.3 is 5.43 Å². The van der Waals surface area contributed by atoms with Crippen molar-refractivity contribution in [1.82, 2.24) is 4.68 Å². The average molecular weight is 226 g/mol. The molecule has 0 atom stereocenters. The maximum Gasteiger partial charge on any atom is 0.0436 e. The molecule has 17 heavy (non-hydrogen) atoms. The molecule has 0 amide bonds. The summed E-state index contributed by atoms with van der Waals surface area (Å²) in [4.78, 5) is 0. The highest BCUT2D eigenvalue weighted by Crippen LogP contribution is 2.38. The molecule has 3 rings (SSSR count). The summed E-state index contributed by atoms with van der Waals surface area (Å²) >= 11 is 0. The van der Waals surface area contributed by atoms with Crippen LogP contribution in [0.25, 0.3) is 0 Å². The largest absolute Gasteiger partial charge is 0.323 e. The van der Waals surface area contributed by atoms with Gasteiger partial charge in [-0.05, 0) is 48.9 Å². The van der Waals surface area contributed by atoms with Crippen LogP contribution in [0, 0.1) is 6.92 Å². The van der Waals surface area contributed by atoms with Gasteiger partial charge in [0.25, 0.3) is 0 Å². The van der Waals surface area contributed by atoms with Crippen molar-refractivity contribution in [3.05, 3.63) is 59.9 Å². The minimum atomic E-state index is 0.618. The van der Waals surface area contributed by atoms with E-state index in [-0.39, 0.29) is 0 Å². The molecule has 1 N–H and O–H groups in total. The maximum absolute atomic E-state index is 3.49. The van der Waals surface area contributed by atoms with Gasteiger partial charge in [-0.3, -0.25) is 4.68 Å². The molecule has 0 aliphatic heterocycles. The second-order valence-corrected chi connectivity index (χ2v) is 4.94. The molecule has 1 aromatic heterocycles. The third-order valence-electron chi connectivity index (χ3n) is 3.70. The van der Waals surface area contributed by atoms with E-state index in [9.17, 15) is 0 Å². The van der Waals surface area contributed by atoms with Crippen LogP contribution in [0.5, 0.6) is 0 Å². The van der Waals surface area contributed by atoms with E-state index in [0.29, 0.717) is 6.04 Å². The predicted molar refractivity (Wildman–Crippen MR) is 70.7 cm³/mol. The molecule has 1 fully saturated rings. The van der Waals surface area contributed by atoms with Crippen LogP contribution in [0.1, 0.15) is 29.9 Å². The summed E-state index contributed by atoms with van der Waals surface area (Å²) < 4.78 is 2.05. The molecule has 1 aromatic carbocycles. The molecule has 1 aliphatic rings. The summed E-state index contributed by atoms with van der Waals surface area (Å²) in [5.41, 5.74) is 6.45. The molecule has 2 nitrogen and oxygen atoms in total. The highest BCUT2D eigenvalue weighted by molar-refractivity contribution is 5.31. The van der Waals surface area contributed by atoms with Gasteiger partial charge in [-0.15, -0.1) is 0 Å². The summed E-state index contributed by atoms with van der Waals surface area (Å²) in [6.07, 6.45) is 6.59. The molecule has 0 unspecified atom stereocenters. The summed E-state index contributed by atoms with van der Waals surface area (Å²) in [5.74, 6) is 0.740. The number of benzene rings is 1. The summed E-state index contributed by atoms with van der Waals surface area (Å²) in [6.45, 7) is 2.21. The van der Waals surface area contributed by atoms with Gasteiger partial charge in [0, 0.05) is 18.4 Å². The predicted octanol–water partition coefficient (Wildman–Crippen LogP) is 3.29. The van der Waals surface area contributed by atoms with E-state index in [1.807, 2.05) is 12.1 Å². The minimum absolute atomic E-state index is 0.618. The first-order chi connectivity index (χ1) is 8.33. The van der Waals surface area contributed by atoms with Crippen molar-refractivity contribution in [3.8, 4) is 0 Å². The number of hydrogen-bond donors (Lipinski definition) is 1. The van der Waals surface area contributed by atoms with Crippen molar-refractivity contribution in [2.45, 2.75) is 31.7 Å². The molecule has 1 aliphatic carbocycles. The van der Waals surface area contributed by atoms with Crippen molar-refractivity contribution >= 4 is 0 Å². The molecule has 1 saturated carbocycles. The van der Waals surface area contributed by atoms with Gasteiger partial charge in [-0.2, -0.15) is 0 Å². The van der Waals surface area contributed by atoms with Crippen molar-refractivity contribution in [2.75, 3.05) is 5.43 Å². The lowest BCUT2D eigenvalue weighted by molar-refractivity contribution is 0.351. The Hall–Kier alpha value is -1.70. The number of aromatic nitrogens is 1. The molecule has 0 radical (unpaired) electrons. The molecule has 0 spiro atoms. The van der Waals surface area contributed by atoms with Crippen LogP contribution in [0.4, 0.5) is 0 Å². The van der Waals surface area contributed by atoms with E-state index in [0.717, 1.165) is 5.92 Å². The molecule has 2 aromatic rings. The van der Waals surface area contributed by atoms with Crippen molar-refractivity contribution < 1.29 is 0 Å². The zero-order valence-corrected chi connectivity index (χ0v) is 10.1.